The van der Waals surface area contributed by atoms with Gasteiger partial charge >= 0.3 is 0 Å². The van der Waals surface area contributed by atoms with Crippen molar-refractivity contribution in [1.29, 1.82) is 0 Å². The van der Waals surface area contributed by atoms with Gasteiger partial charge in [-0.1, -0.05) is 25.4 Å². The molecular formula is C13H19ClN2O2. The van der Waals surface area contributed by atoms with E-state index in [1.807, 2.05) is 20.8 Å². The average Bonchev–Trinajstić information content (AvgIpc) is 2.34. The Labute approximate surface area is 113 Å². The molecule has 0 aliphatic carbocycles. The summed E-state index contributed by atoms with van der Waals surface area (Å²) in [6.45, 7) is 7.15. The fraction of sp³-hybridized carbons (Fsp3) is 0.538. The lowest BCUT2D eigenvalue weighted by molar-refractivity contribution is 0.0806. The molecule has 0 aromatic carbocycles. The zero-order valence-electron chi connectivity index (χ0n) is 10.9. The number of carbonyl (C=O) groups excluding carboxylic acids is 1. The van der Waals surface area contributed by atoms with Crippen LogP contribution in [0, 0.1) is 5.92 Å². The van der Waals surface area contributed by atoms with Crippen LogP contribution in [0.15, 0.2) is 18.5 Å². The maximum absolute atomic E-state index is 12.1. The lowest BCUT2D eigenvalue weighted by Gasteiger charge is -2.22. The van der Waals surface area contributed by atoms with Gasteiger partial charge in [-0.05, 0) is 18.9 Å². The Kier molecular flexibility index (Phi) is 6.09. The van der Waals surface area contributed by atoms with Crippen molar-refractivity contribution in [3.8, 4) is 0 Å². The molecule has 1 N–H and O–H groups in total. The number of carbonyl (C=O) groups is 1. The summed E-state index contributed by atoms with van der Waals surface area (Å²) in [4.78, 5) is 15.9. The molecule has 1 rings (SSSR count). The van der Waals surface area contributed by atoms with Crippen LogP contribution in [0.25, 0.3) is 0 Å². The standard InChI is InChI=1S/C13H19ClN2O2/c1-4-18-8-12(9(2)3)16-13(17)10-5-6-15-7-11(10)14/h5-7,9,12H,4,8H2,1-3H3,(H,16,17). The van der Waals surface area contributed by atoms with Gasteiger partial charge < -0.3 is 10.1 Å². The van der Waals surface area contributed by atoms with E-state index in [4.69, 9.17) is 16.3 Å². The first-order valence-electron chi connectivity index (χ1n) is 6.04. The molecule has 1 aromatic rings. The highest BCUT2D eigenvalue weighted by atomic mass is 35.5. The van der Waals surface area contributed by atoms with Gasteiger partial charge in [-0.2, -0.15) is 0 Å². The number of amides is 1. The summed E-state index contributed by atoms with van der Waals surface area (Å²) in [6, 6.07) is 1.58. The third-order valence-corrected chi connectivity index (χ3v) is 2.94. The van der Waals surface area contributed by atoms with Gasteiger partial charge in [0.05, 0.1) is 23.2 Å². The van der Waals surface area contributed by atoms with Crippen molar-refractivity contribution in [2.75, 3.05) is 13.2 Å². The largest absolute Gasteiger partial charge is 0.380 e. The van der Waals surface area contributed by atoms with Gasteiger partial charge in [0.1, 0.15) is 0 Å². The molecule has 0 fully saturated rings. The van der Waals surface area contributed by atoms with Crippen LogP contribution >= 0.6 is 11.6 Å². The lowest BCUT2D eigenvalue weighted by atomic mass is 10.0. The number of nitrogens with zero attached hydrogens (tertiary/aromatic N) is 1. The average molecular weight is 271 g/mol. The van der Waals surface area contributed by atoms with Gasteiger partial charge in [-0.25, -0.2) is 0 Å². The molecule has 0 saturated carbocycles. The number of ether oxygens (including phenoxy) is 1. The van der Waals surface area contributed by atoms with Crippen molar-refractivity contribution in [2.24, 2.45) is 5.92 Å². The molecular weight excluding hydrogens is 252 g/mol. The van der Waals surface area contributed by atoms with Crippen LogP contribution in [0.5, 0.6) is 0 Å². The van der Waals surface area contributed by atoms with Crippen LogP contribution in [-0.4, -0.2) is 30.1 Å². The maximum atomic E-state index is 12.1. The number of pyridine rings is 1. The van der Waals surface area contributed by atoms with Gasteiger partial charge in [0.2, 0.25) is 0 Å². The fourth-order valence-corrected chi connectivity index (χ4v) is 1.66. The van der Waals surface area contributed by atoms with E-state index in [0.29, 0.717) is 29.7 Å². The topological polar surface area (TPSA) is 51.2 Å². The fourth-order valence-electron chi connectivity index (χ4n) is 1.45. The number of nitrogens with one attached hydrogen (secondary N) is 1. The van der Waals surface area contributed by atoms with Gasteiger partial charge in [0, 0.05) is 19.0 Å². The van der Waals surface area contributed by atoms with Crippen molar-refractivity contribution < 1.29 is 9.53 Å². The number of rotatable bonds is 6. The molecule has 4 nitrogen and oxygen atoms in total. The SMILES string of the molecule is CCOCC(NC(=O)c1ccncc1Cl)C(C)C. The predicted molar refractivity (Wildman–Crippen MR) is 71.8 cm³/mol. The number of hydrogen-bond donors (Lipinski definition) is 1. The molecule has 1 aromatic heterocycles. The van der Waals surface area contributed by atoms with Crippen molar-refractivity contribution in [3.05, 3.63) is 29.0 Å². The summed E-state index contributed by atoms with van der Waals surface area (Å²) in [5.74, 6) is 0.0990. The van der Waals surface area contributed by atoms with Gasteiger partial charge in [-0.15, -0.1) is 0 Å². The lowest BCUT2D eigenvalue weighted by Crippen LogP contribution is -2.42. The molecule has 1 heterocycles. The summed E-state index contributed by atoms with van der Waals surface area (Å²) >= 11 is 5.93. The molecule has 100 valence electrons. The Hall–Kier alpha value is -1.13. The van der Waals surface area contributed by atoms with E-state index < -0.39 is 0 Å². The first-order valence-corrected chi connectivity index (χ1v) is 6.42. The van der Waals surface area contributed by atoms with Crippen LogP contribution < -0.4 is 5.32 Å². The molecule has 0 spiro atoms. The Morgan fingerprint density at radius 2 is 2.28 bits per heavy atom. The number of hydrogen-bond acceptors (Lipinski definition) is 3. The van der Waals surface area contributed by atoms with E-state index in [1.165, 1.54) is 6.20 Å². The van der Waals surface area contributed by atoms with Gasteiger partial charge in [0.25, 0.3) is 5.91 Å². The summed E-state index contributed by atoms with van der Waals surface area (Å²) in [7, 11) is 0. The first kappa shape index (κ1) is 14.9. The summed E-state index contributed by atoms with van der Waals surface area (Å²) in [6.07, 6.45) is 3.01. The summed E-state index contributed by atoms with van der Waals surface area (Å²) in [5.41, 5.74) is 0.439. The van der Waals surface area contributed by atoms with E-state index in [1.54, 1.807) is 12.3 Å². The molecule has 1 amide bonds. The summed E-state index contributed by atoms with van der Waals surface area (Å²) < 4.78 is 5.36. The van der Waals surface area contributed by atoms with Gasteiger partial charge in [0.15, 0.2) is 0 Å². The van der Waals surface area contributed by atoms with Crippen molar-refractivity contribution in [2.45, 2.75) is 26.8 Å². The van der Waals surface area contributed by atoms with Crippen molar-refractivity contribution in [1.82, 2.24) is 10.3 Å². The van der Waals surface area contributed by atoms with Crippen LogP contribution in [0.4, 0.5) is 0 Å². The molecule has 5 heteroatoms. The minimum atomic E-state index is -0.194. The van der Waals surface area contributed by atoms with Crippen molar-refractivity contribution in [3.63, 3.8) is 0 Å². The second kappa shape index (κ2) is 7.34. The normalized spacial score (nSPS) is 12.5. The van der Waals surface area contributed by atoms with Crippen LogP contribution in [0.1, 0.15) is 31.1 Å². The second-order valence-electron chi connectivity index (χ2n) is 4.34. The number of aromatic nitrogens is 1. The van der Waals surface area contributed by atoms with E-state index in [2.05, 4.69) is 10.3 Å². The second-order valence-corrected chi connectivity index (χ2v) is 4.75. The molecule has 0 aliphatic heterocycles. The molecule has 0 aliphatic rings. The molecule has 1 atom stereocenters. The molecule has 1 unspecified atom stereocenters. The molecule has 0 saturated heterocycles. The smallest absolute Gasteiger partial charge is 0.253 e. The highest BCUT2D eigenvalue weighted by Crippen LogP contribution is 2.14. The minimum absolute atomic E-state index is 0.0262. The van der Waals surface area contributed by atoms with Gasteiger partial charge in [-0.3, -0.25) is 9.78 Å². The zero-order valence-corrected chi connectivity index (χ0v) is 11.7. The quantitative estimate of drug-likeness (QED) is 0.864. The first-order chi connectivity index (χ1) is 8.56. The Balaban J connectivity index is 2.69. The predicted octanol–water partition coefficient (Wildman–Crippen LogP) is 2.53. The minimum Gasteiger partial charge on any atom is -0.380 e. The Morgan fingerprint density at radius 1 is 1.56 bits per heavy atom. The Morgan fingerprint density at radius 3 is 2.83 bits per heavy atom. The van der Waals surface area contributed by atoms with E-state index in [9.17, 15) is 4.79 Å². The number of halogens is 1. The van der Waals surface area contributed by atoms with E-state index >= 15 is 0 Å². The maximum Gasteiger partial charge on any atom is 0.253 e. The Bertz CT molecular complexity index is 396. The monoisotopic (exact) mass is 270 g/mol. The third kappa shape index (κ3) is 4.27. The third-order valence-electron chi connectivity index (χ3n) is 2.64. The van der Waals surface area contributed by atoms with Crippen LogP contribution in [-0.2, 0) is 4.74 Å². The van der Waals surface area contributed by atoms with E-state index in [-0.39, 0.29) is 11.9 Å². The zero-order chi connectivity index (χ0) is 13.5. The van der Waals surface area contributed by atoms with E-state index in [0.717, 1.165) is 0 Å². The summed E-state index contributed by atoms with van der Waals surface area (Å²) in [5, 5.41) is 3.29. The van der Waals surface area contributed by atoms with Crippen molar-refractivity contribution >= 4 is 17.5 Å². The highest BCUT2D eigenvalue weighted by molar-refractivity contribution is 6.33. The van der Waals surface area contributed by atoms with Crippen LogP contribution in [0.3, 0.4) is 0 Å². The highest BCUT2D eigenvalue weighted by Gasteiger charge is 2.18. The molecule has 18 heavy (non-hydrogen) atoms. The molecule has 0 radical (unpaired) electrons. The van der Waals surface area contributed by atoms with Crippen LogP contribution in [0.2, 0.25) is 5.02 Å². The molecule has 0 bridgehead atoms.